The van der Waals surface area contributed by atoms with Gasteiger partial charge in [0.05, 0.1) is 12.1 Å². The molecule has 6 heteroatoms. The molecule has 3 unspecified atom stereocenters. The largest absolute Gasteiger partial charge is 0.356 e. The molecule has 120 valence electrons. The predicted molar refractivity (Wildman–Crippen MR) is 86.5 cm³/mol. The normalized spacial score (nSPS) is 27.1. The average molecular weight is 313 g/mol. The maximum absolute atomic E-state index is 11.6. The van der Waals surface area contributed by atoms with Gasteiger partial charge in [-0.1, -0.05) is 26.2 Å². The molecule has 5 nitrogen and oxygen atoms in total. The molecule has 2 saturated heterocycles. The lowest BCUT2D eigenvalue weighted by Crippen LogP contribution is -2.36. The zero-order valence-electron chi connectivity index (χ0n) is 12.8. The number of rotatable bonds is 9. The lowest BCUT2D eigenvalue weighted by molar-refractivity contribution is -0.121. The van der Waals surface area contributed by atoms with E-state index in [0.29, 0.717) is 23.8 Å². The Morgan fingerprint density at radius 2 is 2.14 bits per heavy atom. The van der Waals surface area contributed by atoms with Crippen molar-refractivity contribution in [3.05, 3.63) is 0 Å². The highest BCUT2D eigenvalue weighted by Crippen LogP contribution is 2.33. The lowest BCUT2D eigenvalue weighted by Gasteiger charge is -2.16. The molecule has 3 amide bonds. The van der Waals surface area contributed by atoms with Crippen molar-refractivity contribution in [2.75, 3.05) is 12.3 Å². The number of hydrogen-bond acceptors (Lipinski definition) is 3. The number of fused-ring (bicyclic) bond motifs is 1. The Bertz CT molecular complexity index is 365. The fourth-order valence-corrected chi connectivity index (χ4v) is 4.49. The molecule has 2 fully saturated rings. The number of carbonyl (C=O) groups excluding carboxylic acids is 2. The minimum atomic E-state index is -0.0148. The van der Waals surface area contributed by atoms with Gasteiger partial charge >= 0.3 is 6.03 Å². The summed E-state index contributed by atoms with van der Waals surface area (Å²) in [5.41, 5.74) is 0. The Labute approximate surface area is 131 Å². The van der Waals surface area contributed by atoms with E-state index in [0.717, 1.165) is 50.8 Å². The van der Waals surface area contributed by atoms with Gasteiger partial charge in [0, 0.05) is 24.0 Å². The molecule has 2 heterocycles. The quantitative estimate of drug-likeness (QED) is 0.450. The fourth-order valence-electron chi connectivity index (χ4n) is 2.94. The van der Waals surface area contributed by atoms with E-state index < -0.39 is 0 Å². The highest BCUT2D eigenvalue weighted by atomic mass is 32.2. The van der Waals surface area contributed by atoms with Gasteiger partial charge in [-0.3, -0.25) is 4.79 Å². The summed E-state index contributed by atoms with van der Waals surface area (Å²) in [6, 6.07) is 0.607. The van der Waals surface area contributed by atoms with Crippen LogP contribution >= 0.6 is 11.8 Å². The van der Waals surface area contributed by atoms with E-state index >= 15 is 0 Å². The summed E-state index contributed by atoms with van der Waals surface area (Å²) in [7, 11) is 0. The highest BCUT2D eigenvalue weighted by molar-refractivity contribution is 8.00. The minimum Gasteiger partial charge on any atom is -0.356 e. The Hall–Kier alpha value is -0.910. The Balaban J connectivity index is 1.50. The van der Waals surface area contributed by atoms with Gasteiger partial charge < -0.3 is 16.0 Å². The average Bonchev–Trinajstić information content (AvgIpc) is 2.99. The number of hydrogen-bond donors (Lipinski definition) is 3. The smallest absolute Gasteiger partial charge is 0.315 e. The molecule has 0 radical (unpaired) electrons. The summed E-state index contributed by atoms with van der Waals surface area (Å²) in [6.07, 6.45) is 7.15. The molecule has 3 N–H and O–H groups in total. The van der Waals surface area contributed by atoms with Crippen LogP contribution in [0.1, 0.15) is 51.9 Å². The molecule has 21 heavy (non-hydrogen) atoms. The van der Waals surface area contributed by atoms with Gasteiger partial charge in [0.2, 0.25) is 5.91 Å². The van der Waals surface area contributed by atoms with Crippen molar-refractivity contribution >= 4 is 23.7 Å². The summed E-state index contributed by atoms with van der Waals surface area (Å²) >= 11 is 1.96. The third-order valence-electron chi connectivity index (χ3n) is 4.18. The third-order valence-corrected chi connectivity index (χ3v) is 5.69. The first-order valence-corrected chi connectivity index (χ1v) is 9.21. The predicted octanol–water partition coefficient (Wildman–Crippen LogP) is 2.02. The van der Waals surface area contributed by atoms with Crippen LogP contribution in [0.25, 0.3) is 0 Å². The molecule has 0 aliphatic carbocycles. The van der Waals surface area contributed by atoms with Gasteiger partial charge in [0.15, 0.2) is 0 Å². The first-order chi connectivity index (χ1) is 10.2. The molecule has 0 spiro atoms. The van der Waals surface area contributed by atoms with Gasteiger partial charge in [0.1, 0.15) is 0 Å². The Morgan fingerprint density at radius 1 is 1.29 bits per heavy atom. The summed E-state index contributed by atoms with van der Waals surface area (Å²) in [5.74, 6) is 1.21. The van der Waals surface area contributed by atoms with E-state index in [9.17, 15) is 9.59 Å². The first kappa shape index (κ1) is 16.5. The molecular weight excluding hydrogens is 286 g/mol. The molecule has 0 aromatic rings. The number of carbonyl (C=O) groups is 2. The van der Waals surface area contributed by atoms with E-state index in [-0.39, 0.29) is 11.9 Å². The Morgan fingerprint density at radius 3 is 2.95 bits per heavy atom. The number of nitrogens with one attached hydrogen (secondary N) is 3. The molecule has 3 atom stereocenters. The van der Waals surface area contributed by atoms with E-state index in [1.54, 1.807) is 0 Å². The van der Waals surface area contributed by atoms with Crippen molar-refractivity contribution in [1.29, 1.82) is 0 Å². The van der Waals surface area contributed by atoms with E-state index in [4.69, 9.17) is 0 Å². The van der Waals surface area contributed by atoms with Crippen LogP contribution in [0.5, 0.6) is 0 Å². The fraction of sp³-hybridized carbons (Fsp3) is 0.867. The first-order valence-electron chi connectivity index (χ1n) is 8.16. The van der Waals surface area contributed by atoms with Crippen LogP contribution in [0, 0.1) is 0 Å². The van der Waals surface area contributed by atoms with Crippen molar-refractivity contribution in [2.24, 2.45) is 0 Å². The Kier molecular flexibility index (Phi) is 6.67. The van der Waals surface area contributed by atoms with E-state index in [2.05, 4.69) is 22.9 Å². The topological polar surface area (TPSA) is 70.2 Å². The summed E-state index contributed by atoms with van der Waals surface area (Å²) < 4.78 is 0. The standard InChI is InChI=1S/C15H27N3O2S/c1-2-3-9-16-13(19)8-6-4-5-7-12-14-11(10-21-12)17-15(20)18-14/h11-12,14H,2-10H2,1H3,(H,16,19)(H2,17,18,20). The van der Waals surface area contributed by atoms with Gasteiger partial charge in [-0.05, 0) is 19.3 Å². The van der Waals surface area contributed by atoms with Gasteiger partial charge in [-0.25, -0.2) is 4.79 Å². The number of thioether (sulfide) groups is 1. The van der Waals surface area contributed by atoms with Crippen molar-refractivity contribution < 1.29 is 9.59 Å². The molecule has 0 aromatic heterocycles. The SMILES string of the molecule is CCCCNC(=O)CCCCCC1SCC2NC(=O)NC21. The number of amides is 3. The second-order valence-electron chi connectivity index (χ2n) is 5.92. The third kappa shape index (κ3) is 5.09. The second kappa shape index (κ2) is 8.51. The van der Waals surface area contributed by atoms with Gasteiger partial charge in [0.25, 0.3) is 0 Å². The molecule has 0 saturated carbocycles. The zero-order chi connectivity index (χ0) is 15.1. The van der Waals surface area contributed by atoms with Gasteiger partial charge in [-0.15, -0.1) is 0 Å². The van der Waals surface area contributed by atoms with E-state index in [1.165, 1.54) is 0 Å². The van der Waals surface area contributed by atoms with Crippen molar-refractivity contribution in [2.45, 2.75) is 69.2 Å². The monoisotopic (exact) mass is 313 g/mol. The molecule has 2 rings (SSSR count). The molecule has 2 aliphatic heterocycles. The summed E-state index contributed by atoms with van der Waals surface area (Å²) in [4.78, 5) is 22.8. The maximum atomic E-state index is 11.6. The van der Waals surface area contributed by atoms with Crippen LogP contribution in [0.4, 0.5) is 4.79 Å². The summed E-state index contributed by atoms with van der Waals surface area (Å²) in [6.45, 7) is 2.93. The lowest BCUT2D eigenvalue weighted by atomic mass is 10.0. The van der Waals surface area contributed by atoms with E-state index in [1.807, 2.05) is 11.8 Å². The van der Waals surface area contributed by atoms with Crippen molar-refractivity contribution in [1.82, 2.24) is 16.0 Å². The maximum Gasteiger partial charge on any atom is 0.315 e. The van der Waals surface area contributed by atoms with Crippen LogP contribution in [-0.2, 0) is 4.79 Å². The molecule has 0 bridgehead atoms. The van der Waals surface area contributed by atoms with Crippen LogP contribution < -0.4 is 16.0 Å². The van der Waals surface area contributed by atoms with Crippen LogP contribution in [-0.4, -0.2) is 41.6 Å². The zero-order valence-corrected chi connectivity index (χ0v) is 13.6. The van der Waals surface area contributed by atoms with Crippen LogP contribution in [0.3, 0.4) is 0 Å². The molecule has 2 aliphatic rings. The second-order valence-corrected chi connectivity index (χ2v) is 7.20. The number of unbranched alkanes of at least 4 members (excludes halogenated alkanes) is 3. The number of urea groups is 1. The van der Waals surface area contributed by atoms with Crippen molar-refractivity contribution in [3.8, 4) is 0 Å². The molecule has 0 aromatic carbocycles. The highest BCUT2D eigenvalue weighted by Gasteiger charge is 2.42. The molecular formula is C15H27N3O2S. The van der Waals surface area contributed by atoms with Gasteiger partial charge in [-0.2, -0.15) is 11.8 Å². The van der Waals surface area contributed by atoms with Crippen molar-refractivity contribution in [3.63, 3.8) is 0 Å². The minimum absolute atomic E-state index is 0.0148. The van der Waals surface area contributed by atoms with Crippen LogP contribution in [0.15, 0.2) is 0 Å². The summed E-state index contributed by atoms with van der Waals surface area (Å²) in [5, 5.41) is 9.47. The van der Waals surface area contributed by atoms with Crippen LogP contribution in [0.2, 0.25) is 0 Å².